The third-order valence-corrected chi connectivity index (χ3v) is 5.27. The molecule has 2 rings (SSSR count). The predicted molar refractivity (Wildman–Crippen MR) is 111 cm³/mol. The normalized spacial score (nSPS) is 19.4. The molecule has 2 N–H and O–H groups in total. The molecular formula is C22H33N3O4. The second kappa shape index (κ2) is 12.2. The average Bonchev–Trinajstić information content (AvgIpc) is 2.70. The van der Waals surface area contributed by atoms with E-state index in [4.69, 9.17) is 4.74 Å². The molecule has 7 heteroatoms. The van der Waals surface area contributed by atoms with Crippen LogP contribution in [0.3, 0.4) is 0 Å². The molecule has 1 aliphatic heterocycles. The van der Waals surface area contributed by atoms with E-state index in [1.165, 1.54) is 6.42 Å². The molecule has 160 valence electrons. The third kappa shape index (κ3) is 8.64. The first-order chi connectivity index (χ1) is 14.0. The van der Waals surface area contributed by atoms with Crippen molar-refractivity contribution in [3.05, 3.63) is 35.9 Å². The zero-order valence-electron chi connectivity index (χ0n) is 17.5. The van der Waals surface area contributed by atoms with E-state index in [1.807, 2.05) is 30.3 Å². The molecule has 0 aromatic heterocycles. The SMILES string of the molecule is CC1CCCC(C)N1CC(=O)NCCC(=O)NCCC(=O)OCc1ccccc1. The van der Waals surface area contributed by atoms with Crippen molar-refractivity contribution in [3.8, 4) is 0 Å². The van der Waals surface area contributed by atoms with Gasteiger partial charge in [0.2, 0.25) is 11.8 Å². The molecule has 1 heterocycles. The number of esters is 1. The van der Waals surface area contributed by atoms with E-state index in [2.05, 4.69) is 29.4 Å². The van der Waals surface area contributed by atoms with Crippen LogP contribution < -0.4 is 10.6 Å². The minimum absolute atomic E-state index is 0.0529. The van der Waals surface area contributed by atoms with E-state index in [-0.39, 0.29) is 43.8 Å². The molecule has 2 amide bonds. The smallest absolute Gasteiger partial charge is 0.307 e. The molecule has 0 spiro atoms. The number of hydrogen-bond acceptors (Lipinski definition) is 5. The summed E-state index contributed by atoms with van der Waals surface area (Å²) in [5.41, 5.74) is 0.925. The highest BCUT2D eigenvalue weighted by Crippen LogP contribution is 2.21. The molecule has 2 atom stereocenters. The van der Waals surface area contributed by atoms with Gasteiger partial charge in [0.15, 0.2) is 0 Å². The minimum Gasteiger partial charge on any atom is -0.461 e. The fourth-order valence-corrected chi connectivity index (χ4v) is 3.53. The van der Waals surface area contributed by atoms with E-state index in [1.54, 1.807) is 0 Å². The van der Waals surface area contributed by atoms with Gasteiger partial charge in [-0.15, -0.1) is 0 Å². The molecule has 0 radical (unpaired) electrons. The molecule has 0 saturated carbocycles. The Morgan fingerprint density at radius 2 is 1.59 bits per heavy atom. The Morgan fingerprint density at radius 3 is 2.28 bits per heavy atom. The summed E-state index contributed by atoms with van der Waals surface area (Å²) in [6, 6.07) is 10.3. The number of carbonyl (C=O) groups excluding carboxylic acids is 3. The Balaban J connectivity index is 1.53. The van der Waals surface area contributed by atoms with Crippen molar-refractivity contribution in [2.24, 2.45) is 0 Å². The van der Waals surface area contributed by atoms with Gasteiger partial charge in [-0.3, -0.25) is 19.3 Å². The van der Waals surface area contributed by atoms with Gasteiger partial charge in [-0.1, -0.05) is 36.8 Å². The lowest BCUT2D eigenvalue weighted by Crippen LogP contribution is -2.49. The number of amides is 2. The quantitative estimate of drug-likeness (QED) is 0.584. The number of nitrogens with one attached hydrogen (secondary N) is 2. The van der Waals surface area contributed by atoms with Crippen molar-refractivity contribution in [2.45, 2.75) is 64.6 Å². The number of piperidine rings is 1. The molecule has 1 saturated heterocycles. The van der Waals surface area contributed by atoms with Gasteiger partial charge in [0.25, 0.3) is 0 Å². The van der Waals surface area contributed by atoms with E-state index < -0.39 is 0 Å². The van der Waals surface area contributed by atoms with Gasteiger partial charge in [-0.25, -0.2) is 0 Å². The molecule has 0 bridgehead atoms. The largest absolute Gasteiger partial charge is 0.461 e. The van der Waals surface area contributed by atoms with Gasteiger partial charge < -0.3 is 15.4 Å². The minimum atomic E-state index is -0.354. The van der Waals surface area contributed by atoms with E-state index >= 15 is 0 Å². The lowest BCUT2D eigenvalue weighted by atomic mass is 9.97. The van der Waals surface area contributed by atoms with Gasteiger partial charge in [0.05, 0.1) is 13.0 Å². The molecule has 29 heavy (non-hydrogen) atoms. The van der Waals surface area contributed by atoms with Crippen LogP contribution in [-0.2, 0) is 25.7 Å². The van der Waals surface area contributed by atoms with E-state index in [0.29, 0.717) is 25.2 Å². The third-order valence-electron chi connectivity index (χ3n) is 5.27. The van der Waals surface area contributed by atoms with Gasteiger partial charge in [0.1, 0.15) is 6.61 Å². The van der Waals surface area contributed by atoms with E-state index in [0.717, 1.165) is 18.4 Å². The first-order valence-electron chi connectivity index (χ1n) is 10.4. The standard InChI is InChI=1S/C22H33N3O4/c1-17-7-6-8-18(2)25(17)15-21(27)24-13-11-20(26)23-14-12-22(28)29-16-19-9-4-3-5-10-19/h3-5,9-10,17-18H,6-8,11-16H2,1-2H3,(H,23,26)(H,24,27). The number of rotatable bonds is 10. The second-order valence-corrected chi connectivity index (χ2v) is 7.65. The summed E-state index contributed by atoms with van der Waals surface area (Å²) < 4.78 is 5.16. The highest BCUT2D eigenvalue weighted by molar-refractivity contribution is 5.80. The summed E-state index contributed by atoms with van der Waals surface area (Å²) >= 11 is 0. The molecule has 7 nitrogen and oxygen atoms in total. The van der Waals surface area contributed by atoms with Crippen molar-refractivity contribution in [3.63, 3.8) is 0 Å². The predicted octanol–water partition coefficient (Wildman–Crippen LogP) is 2.01. The van der Waals surface area contributed by atoms with Gasteiger partial charge in [-0.05, 0) is 32.3 Å². The van der Waals surface area contributed by atoms with Crippen LogP contribution in [0.25, 0.3) is 0 Å². The Morgan fingerprint density at radius 1 is 0.966 bits per heavy atom. The van der Waals surface area contributed by atoms with Crippen LogP contribution in [0.4, 0.5) is 0 Å². The van der Waals surface area contributed by atoms with Gasteiger partial charge in [-0.2, -0.15) is 0 Å². The number of nitrogens with zero attached hydrogens (tertiary/aromatic N) is 1. The number of ether oxygens (including phenoxy) is 1. The molecule has 1 aromatic rings. The van der Waals surface area contributed by atoms with Gasteiger partial charge >= 0.3 is 5.97 Å². The Hall–Kier alpha value is -2.41. The fourth-order valence-electron chi connectivity index (χ4n) is 3.53. The average molecular weight is 404 g/mol. The summed E-state index contributed by atoms with van der Waals surface area (Å²) in [5.74, 6) is -0.601. The lowest BCUT2D eigenvalue weighted by molar-refractivity contribution is -0.144. The van der Waals surface area contributed by atoms with Gasteiger partial charge in [0, 0.05) is 31.6 Å². The van der Waals surface area contributed by atoms with Crippen molar-refractivity contribution < 1.29 is 19.1 Å². The zero-order chi connectivity index (χ0) is 21.1. The molecular weight excluding hydrogens is 370 g/mol. The number of benzene rings is 1. The Kier molecular flexibility index (Phi) is 9.64. The molecule has 1 aromatic carbocycles. The van der Waals surface area contributed by atoms with Crippen LogP contribution in [0.5, 0.6) is 0 Å². The highest BCUT2D eigenvalue weighted by Gasteiger charge is 2.26. The molecule has 1 fully saturated rings. The van der Waals surface area contributed by atoms with Crippen LogP contribution in [0.2, 0.25) is 0 Å². The molecule has 0 aliphatic carbocycles. The van der Waals surface area contributed by atoms with Crippen molar-refractivity contribution >= 4 is 17.8 Å². The lowest BCUT2D eigenvalue weighted by Gasteiger charge is -2.38. The van der Waals surface area contributed by atoms with Crippen molar-refractivity contribution in [2.75, 3.05) is 19.6 Å². The second-order valence-electron chi connectivity index (χ2n) is 7.65. The summed E-state index contributed by atoms with van der Waals surface area (Å²) in [6.07, 6.45) is 3.76. The van der Waals surface area contributed by atoms with Crippen LogP contribution in [0.15, 0.2) is 30.3 Å². The molecule has 2 unspecified atom stereocenters. The van der Waals surface area contributed by atoms with E-state index in [9.17, 15) is 14.4 Å². The summed E-state index contributed by atoms with van der Waals surface area (Å²) in [4.78, 5) is 37.9. The number of carbonyl (C=O) groups is 3. The van der Waals surface area contributed by atoms with Crippen molar-refractivity contribution in [1.82, 2.24) is 15.5 Å². The van der Waals surface area contributed by atoms with Crippen LogP contribution in [0.1, 0.15) is 51.5 Å². The van der Waals surface area contributed by atoms with Crippen molar-refractivity contribution in [1.29, 1.82) is 0 Å². The highest BCUT2D eigenvalue weighted by atomic mass is 16.5. The van der Waals surface area contributed by atoms with Crippen LogP contribution in [0, 0.1) is 0 Å². The maximum Gasteiger partial charge on any atom is 0.307 e. The zero-order valence-corrected chi connectivity index (χ0v) is 17.5. The fraction of sp³-hybridized carbons (Fsp3) is 0.591. The Labute approximate surface area is 173 Å². The maximum absolute atomic E-state index is 12.1. The topological polar surface area (TPSA) is 87.7 Å². The van der Waals surface area contributed by atoms with Crippen LogP contribution >= 0.6 is 0 Å². The summed E-state index contributed by atoms with van der Waals surface area (Å²) in [7, 11) is 0. The summed E-state index contributed by atoms with van der Waals surface area (Å²) in [6.45, 7) is 5.43. The first kappa shape index (κ1) is 22.9. The maximum atomic E-state index is 12.1. The number of hydrogen-bond donors (Lipinski definition) is 2. The first-order valence-corrected chi connectivity index (χ1v) is 10.4. The Bertz CT molecular complexity index is 655. The monoisotopic (exact) mass is 403 g/mol. The number of likely N-dealkylation sites (tertiary alicyclic amines) is 1. The van der Waals surface area contributed by atoms with Crippen LogP contribution in [-0.4, -0.2) is 54.4 Å². The summed E-state index contributed by atoms with van der Waals surface area (Å²) in [5, 5.41) is 5.49. The molecule has 1 aliphatic rings.